The Kier molecular flexibility index (Phi) is 11.0. The Morgan fingerprint density at radius 3 is 1.69 bits per heavy atom. The van der Waals surface area contributed by atoms with Crippen LogP contribution in [0.2, 0.25) is 0 Å². The molecule has 2 saturated heterocycles. The Hall–Kier alpha value is -3.14. The summed E-state index contributed by atoms with van der Waals surface area (Å²) in [7, 11) is -6.14. The van der Waals surface area contributed by atoms with Crippen LogP contribution >= 0.6 is 15.4 Å². The van der Waals surface area contributed by atoms with Crippen LogP contribution in [0.4, 0.5) is 20.4 Å². The minimum absolute atomic E-state index is 0.225. The maximum Gasteiger partial charge on any atom is 0.317 e. The maximum atomic E-state index is 15.3. The van der Waals surface area contributed by atoms with Gasteiger partial charge in [0.25, 0.3) is 0 Å². The van der Waals surface area contributed by atoms with Crippen molar-refractivity contribution >= 4 is 61.2 Å². The highest BCUT2D eigenvalue weighted by molar-refractivity contribution is 8.00. The van der Waals surface area contributed by atoms with Gasteiger partial charge in [-0.05, 0) is 11.8 Å². The van der Waals surface area contributed by atoms with E-state index in [0.717, 1.165) is 0 Å². The number of ether oxygens (including phenoxy) is 2. The Morgan fingerprint density at radius 2 is 1.27 bits per heavy atom. The van der Waals surface area contributed by atoms with Crippen molar-refractivity contribution in [2.75, 3.05) is 36.9 Å². The van der Waals surface area contributed by atoms with Crippen molar-refractivity contribution < 1.29 is 51.9 Å². The Labute approximate surface area is 275 Å². The van der Waals surface area contributed by atoms with Gasteiger partial charge in [0.05, 0.1) is 25.9 Å². The third kappa shape index (κ3) is 6.96. The third-order valence-corrected chi connectivity index (χ3v) is 8.81. The van der Waals surface area contributed by atoms with E-state index >= 15 is 8.78 Å². The minimum atomic E-state index is -3.49. The molecular weight excluding hydrogens is 704 g/mol. The fourth-order valence-electron chi connectivity index (χ4n) is 5.46. The Balaban J connectivity index is 1.07. The first-order valence-corrected chi connectivity index (χ1v) is 18.0. The van der Waals surface area contributed by atoms with Gasteiger partial charge in [-0.2, -0.15) is 0 Å². The van der Waals surface area contributed by atoms with Crippen LogP contribution < -0.4 is 10.6 Å². The monoisotopic (exact) mass is 734 g/mol. The quantitative estimate of drug-likeness (QED) is 0.0746. The van der Waals surface area contributed by atoms with E-state index in [1.807, 2.05) is 0 Å². The molecule has 0 bridgehead atoms. The summed E-state index contributed by atoms with van der Waals surface area (Å²) < 4.78 is 65.3. The fraction of sp³-hybridized carbons (Fsp3) is 0.500. The number of alkyl halides is 2. The molecule has 0 amide bonds. The van der Waals surface area contributed by atoms with Crippen molar-refractivity contribution in [2.45, 2.75) is 49.2 Å². The lowest BCUT2D eigenvalue weighted by atomic mass is 10.1. The molecule has 19 nitrogen and oxygen atoms in total. The SMILES string of the molecule is O=[PH](O)O[C@@H]1[C@@H](CO)OC(n2cnc3c(NC/C=C/CNc4ncnc5c4ncn5C4OC(CO)C(O[PH](O)=S)[C@H]4F)ncnc32)[C@@H]1F. The van der Waals surface area contributed by atoms with Crippen molar-refractivity contribution in [1.29, 1.82) is 0 Å². The molecule has 0 radical (unpaired) electrons. The fourth-order valence-corrected chi connectivity index (χ4v) is 6.82. The van der Waals surface area contributed by atoms with Crippen LogP contribution in [0.25, 0.3) is 22.3 Å². The zero-order chi connectivity index (χ0) is 33.9. The van der Waals surface area contributed by atoms with Crippen molar-refractivity contribution in [3.05, 3.63) is 37.5 Å². The largest absolute Gasteiger partial charge is 0.394 e. The summed E-state index contributed by atoms with van der Waals surface area (Å²) in [6.07, 6.45) is -2.35. The van der Waals surface area contributed by atoms with Crippen LogP contribution in [0.15, 0.2) is 37.5 Å². The molecule has 4 aromatic heterocycles. The number of aliphatic hydroxyl groups is 2. The normalized spacial score (nSPS) is 28.9. The summed E-state index contributed by atoms with van der Waals surface area (Å²) in [5.74, 6) is 0.716. The molecule has 260 valence electrons. The number of imidazole rings is 2. The highest BCUT2D eigenvalue weighted by Gasteiger charge is 2.49. The summed E-state index contributed by atoms with van der Waals surface area (Å²) in [6, 6.07) is 0. The van der Waals surface area contributed by atoms with E-state index in [9.17, 15) is 19.7 Å². The first kappa shape index (κ1) is 34.7. The van der Waals surface area contributed by atoms with E-state index in [1.165, 1.54) is 34.4 Å². The number of anilines is 2. The summed E-state index contributed by atoms with van der Waals surface area (Å²) in [5.41, 5.74) is 1.15. The molecule has 0 aliphatic carbocycles. The first-order chi connectivity index (χ1) is 23.2. The lowest BCUT2D eigenvalue weighted by Gasteiger charge is -2.17. The predicted octanol–water partition coefficient (Wildman–Crippen LogP) is 0.153. The van der Waals surface area contributed by atoms with Crippen LogP contribution in [0, 0.1) is 0 Å². The lowest BCUT2D eigenvalue weighted by molar-refractivity contribution is -0.0436. The van der Waals surface area contributed by atoms with Gasteiger partial charge in [0.2, 0.25) is 0 Å². The minimum Gasteiger partial charge on any atom is -0.394 e. The number of hydrogen-bond acceptors (Lipinski definition) is 16. The van der Waals surface area contributed by atoms with Crippen molar-refractivity contribution in [3.8, 4) is 0 Å². The van der Waals surface area contributed by atoms with Gasteiger partial charge in [-0.3, -0.25) is 13.7 Å². The van der Waals surface area contributed by atoms with Crippen LogP contribution in [0.1, 0.15) is 12.5 Å². The van der Waals surface area contributed by atoms with E-state index in [1.54, 1.807) is 12.2 Å². The summed E-state index contributed by atoms with van der Waals surface area (Å²) in [6.45, 7) is -0.546. The van der Waals surface area contributed by atoms with Crippen LogP contribution in [-0.4, -0.2) is 122 Å². The smallest absolute Gasteiger partial charge is 0.317 e. The van der Waals surface area contributed by atoms with E-state index in [0.29, 0.717) is 35.8 Å². The third-order valence-electron chi connectivity index (χ3n) is 7.57. The van der Waals surface area contributed by atoms with Gasteiger partial charge in [0.15, 0.2) is 65.9 Å². The van der Waals surface area contributed by atoms with E-state index in [-0.39, 0.29) is 11.3 Å². The van der Waals surface area contributed by atoms with Gasteiger partial charge in [-0.25, -0.2) is 38.7 Å². The first-order valence-electron chi connectivity index (χ1n) is 14.3. The van der Waals surface area contributed by atoms with Gasteiger partial charge in [0, 0.05) is 13.1 Å². The molecule has 2 aliphatic heterocycles. The molecule has 0 aromatic carbocycles. The zero-order valence-corrected chi connectivity index (χ0v) is 27.3. The Bertz CT molecular complexity index is 1700. The van der Waals surface area contributed by atoms with Gasteiger partial charge in [0.1, 0.15) is 37.1 Å². The van der Waals surface area contributed by atoms with Gasteiger partial charge in [-0.15, -0.1) is 0 Å². The molecule has 6 heterocycles. The molecule has 4 aromatic rings. The second-order valence-electron chi connectivity index (χ2n) is 10.4. The molecule has 0 spiro atoms. The molecule has 6 unspecified atom stereocenters. The van der Waals surface area contributed by atoms with Crippen LogP contribution in [0.5, 0.6) is 0 Å². The number of aromatic nitrogens is 8. The highest BCUT2D eigenvalue weighted by atomic mass is 32.4. The standard InChI is InChI=1S/C24H30F2N10O9P2S/c25-13-17(44-46(39)40)11(5-37)42-23(13)35-9-33-15-19(29-7-31-21(15)35)27-3-1-2-4-28-20-16-22(32-8-30-20)36(10-34-16)24-14(26)18(45-47(41)48)12(6-38)43-24/h1-2,7-14,17-18,23-24,37-38,46-47H,3-6H2,(H,39,40)(H,41,48)(H,27,29,31)(H,28,30,32)/b2-1+/t11-,12?,13-,14-,17-,18?,23?,24?/m1/s1. The zero-order valence-electron chi connectivity index (χ0n) is 24.5. The summed E-state index contributed by atoms with van der Waals surface area (Å²) >= 11 is 4.68. The number of nitrogens with zero attached hydrogens (tertiary/aromatic N) is 8. The van der Waals surface area contributed by atoms with Crippen LogP contribution in [0.3, 0.4) is 0 Å². The number of hydrogen-bond donors (Lipinski definition) is 6. The topological polar surface area (TPSA) is 246 Å². The number of nitrogens with one attached hydrogen (secondary N) is 2. The van der Waals surface area contributed by atoms with E-state index < -0.39 is 77.8 Å². The average Bonchev–Trinajstić information content (AvgIpc) is 3.83. The highest BCUT2D eigenvalue weighted by Crippen LogP contribution is 2.40. The van der Waals surface area contributed by atoms with Gasteiger partial charge in [-0.1, -0.05) is 12.2 Å². The molecule has 48 heavy (non-hydrogen) atoms. The van der Waals surface area contributed by atoms with Gasteiger partial charge >= 0.3 is 8.25 Å². The number of rotatable bonds is 14. The molecule has 2 fully saturated rings. The lowest BCUT2D eigenvalue weighted by Crippen LogP contribution is -2.32. The second-order valence-corrected chi connectivity index (χ2v) is 13.0. The maximum absolute atomic E-state index is 15.3. The van der Waals surface area contributed by atoms with E-state index in [4.69, 9.17) is 23.4 Å². The molecular formula is C24H30F2N10O9P2S. The van der Waals surface area contributed by atoms with Gasteiger partial charge < -0.3 is 49.2 Å². The molecule has 6 rings (SSSR count). The molecule has 0 saturated carbocycles. The summed E-state index contributed by atoms with van der Waals surface area (Å²) in [5, 5.41) is 25.4. The summed E-state index contributed by atoms with van der Waals surface area (Å²) in [4.78, 5) is 44.0. The molecule has 2 aliphatic rings. The molecule has 6 N–H and O–H groups in total. The number of fused-ring (bicyclic) bond motifs is 2. The van der Waals surface area contributed by atoms with Crippen molar-refractivity contribution in [1.82, 2.24) is 39.0 Å². The predicted molar refractivity (Wildman–Crippen MR) is 167 cm³/mol. The Morgan fingerprint density at radius 1 is 0.812 bits per heavy atom. The second kappa shape index (κ2) is 15.2. The van der Waals surface area contributed by atoms with Crippen LogP contribution in [-0.2, 0) is 34.9 Å². The molecule has 10 atom stereocenters. The van der Waals surface area contributed by atoms with Crippen molar-refractivity contribution in [3.63, 3.8) is 0 Å². The number of aliphatic hydroxyl groups excluding tert-OH is 2. The van der Waals surface area contributed by atoms with E-state index in [2.05, 4.69) is 52.3 Å². The average molecular weight is 735 g/mol. The number of halogens is 2. The van der Waals surface area contributed by atoms with Crippen molar-refractivity contribution in [2.24, 2.45) is 0 Å². The molecule has 24 heteroatoms.